The molecule has 25 heavy (non-hydrogen) atoms. The molecular weight excluding hydrogens is 318 g/mol. The van der Waals surface area contributed by atoms with Gasteiger partial charge in [-0.25, -0.2) is 0 Å². The van der Waals surface area contributed by atoms with Gasteiger partial charge in [0.2, 0.25) is 5.91 Å². The van der Waals surface area contributed by atoms with Crippen LogP contribution < -0.4 is 15.5 Å². The average Bonchev–Trinajstić information content (AvgIpc) is 2.66. The molecule has 5 heteroatoms. The molecule has 0 aliphatic carbocycles. The van der Waals surface area contributed by atoms with Crippen LogP contribution in [-0.4, -0.2) is 13.0 Å². The molecule has 0 radical (unpaired) electrons. The van der Waals surface area contributed by atoms with E-state index in [1.54, 1.807) is 25.3 Å². The van der Waals surface area contributed by atoms with E-state index < -0.39 is 0 Å². The number of carbonyl (C=O) groups excluding carboxylic acids is 1. The van der Waals surface area contributed by atoms with Crippen molar-refractivity contribution in [2.45, 2.75) is 6.54 Å². The molecule has 0 spiro atoms. The van der Waals surface area contributed by atoms with Crippen molar-refractivity contribution in [2.75, 3.05) is 7.11 Å². The van der Waals surface area contributed by atoms with Crippen LogP contribution in [0.3, 0.4) is 0 Å². The van der Waals surface area contributed by atoms with E-state index in [2.05, 4.69) is 5.32 Å². The number of hydrogen-bond donors (Lipinski definition) is 1. The van der Waals surface area contributed by atoms with Gasteiger partial charge >= 0.3 is 0 Å². The van der Waals surface area contributed by atoms with Gasteiger partial charge < -0.3 is 14.5 Å². The van der Waals surface area contributed by atoms with Crippen LogP contribution in [0.4, 0.5) is 0 Å². The molecule has 3 rings (SSSR count). The topological polar surface area (TPSA) is 68.5 Å². The molecule has 3 aromatic rings. The first-order valence-electron chi connectivity index (χ1n) is 7.77. The number of amides is 1. The summed E-state index contributed by atoms with van der Waals surface area (Å²) in [4.78, 5) is 24.3. The molecular formula is C20H17NO4. The Balaban J connectivity index is 1.73. The van der Waals surface area contributed by atoms with E-state index in [0.29, 0.717) is 28.8 Å². The maximum Gasteiger partial charge on any atom is 0.244 e. The predicted molar refractivity (Wildman–Crippen MR) is 96.4 cm³/mol. The first-order valence-corrected chi connectivity index (χ1v) is 7.77. The highest BCUT2D eigenvalue weighted by atomic mass is 16.5. The number of benzene rings is 2. The molecule has 1 N–H and O–H groups in total. The van der Waals surface area contributed by atoms with Crippen molar-refractivity contribution < 1.29 is 13.9 Å². The number of fused-ring (bicyclic) bond motifs is 1. The van der Waals surface area contributed by atoms with E-state index in [4.69, 9.17) is 9.15 Å². The number of rotatable bonds is 5. The molecule has 5 nitrogen and oxygen atoms in total. The van der Waals surface area contributed by atoms with Crippen molar-refractivity contribution in [1.82, 2.24) is 5.32 Å². The van der Waals surface area contributed by atoms with Crippen LogP contribution in [-0.2, 0) is 11.3 Å². The number of hydrogen-bond acceptors (Lipinski definition) is 4. The molecule has 126 valence electrons. The molecule has 0 saturated heterocycles. The highest BCUT2D eigenvalue weighted by Gasteiger charge is 2.06. The van der Waals surface area contributed by atoms with Crippen LogP contribution in [0.2, 0.25) is 0 Å². The number of ether oxygens (including phenoxy) is 1. The van der Waals surface area contributed by atoms with Crippen molar-refractivity contribution in [3.8, 4) is 5.75 Å². The maximum absolute atomic E-state index is 12.4. The van der Waals surface area contributed by atoms with Gasteiger partial charge in [-0.1, -0.05) is 30.3 Å². The van der Waals surface area contributed by atoms with Gasteiger partial charge in [0, 0.05) is 18.7 Å². The minimum absolute atomic E-state index is 0.198. The van der Waals surface area contributed by atoms with Gasteiger partial charge in [0.05, 0.1) is 18.1 Å². The fourth-order valence-corrected chi connectivity index (χ4v) is 2.38. The Morgan fingerprint density at radius 1 is 1.20 bits per heavy atom. The largest absolute Gasteiger partial charge is 0.497 e. The van der Waals surface area contributed by atoms with Crippen molar-refractivity contribution >= 4 is 23.0 Å². The summed E-state index contributed by atoms with van der Waals surface area (Å²) in [5, 5.41) is 3.20. The van der Waals surface area contributed by atoms with E-state index in [1.807, 2.05) is 30.3 Å². The molecule has 0 aliphatic heterocycles. The lowest BCUT2D eigenvalue weighted by molar-refractivity contribution is -0.116. The normalized spacial score (nSPS) is 10.9. The minimum Gasteiger partial charge on any atom is -0.497 e. The lowest BCUT2D eigenvalue weighted by Crippen LogP contribution is -2.20. The lowest BCUT2D eigenvalue weighted by atomic mass is 10.1. The zero-order valence-electron chi connectivity index (χ0n) is 13.7. The first-order chi connectivity index (χ1) is 12.2. The fourth-order valence-electron chi connectivity index (χ4n) is 2.38. The second kappa shape index (κ2) is 7.49. The Bertz CT molecular complexity index is 974. The van der Waals surface area contributed by atoms with Crippen LogP contribution in [0.1, 0.15) is 11.1 Å². The van der Waals surface area contributed by atoms with Gasteiger partial charge in [0.1, 0.15) is 17.6 Å². The van der Waals surface area contributed by atoms with Gasteiger partial charge in [0.15, 0.2) is 5.43 Å². The van der Waals surface area contributed by atoms with Gasteiger partial charge in [-0.15, -0.1) is 0 Å². The van der Waals surface area contributed by atoms with E-state index >= 15 is 0 Å². The zero-order valence-corrected chi connectivity index (χ0v) is 13.7. The minimum atomic E-state index is -0.280. The first kappa shape index (κ1) is 16.5. The van der Waals surface area contributed by atoms with Crippen LogP contribution in [0, 0.1) is 0 Å². The SMILES string of the molecule is COc1ccc2c(=O)c(/C=C/C(=O)NCc3ccccc3)coc2c1. The van der Waals surface area contributed by atoms with Crippen LogP contribution in [0.5, 0.6) is 5.75 Å². The van der Waals surface area contributed by atoms with Gasteiger partial charge in [-0.2, -0.15) is 0 Å². The smallest absolute Gasteiger partial charge is 0.244 e. The average molecular weight is 335 g/mol. The molecule has 0 unspecified atom stereocenters. The molecule has 0 aliphatic rings. The summed E-state index contributed by atoms with van der Waals surface area (Å²) in [6.07, 6.45) is 4.12. The molecule has 0 atom stereocenters. The Hall–Kier alpha value is -3.34. The second-order valence-corrected chi connectivity index (χ2v) is 5.42. The number of nitrogens with one attached hydrogen (secondary N) is 1. The maximum atomic E-state index is 12.4. The highest BCUT2D eigenvalue weighted by molar-refractivity contribution is 5.92. The van der Waals surface area contributed by atoms with Gasteiger partial charge in [-0.05, 0) is 23.8 Å². The summed E-state index contributed by atoms with van der Waals surface area (Å²) < 4.78 is 10.6. The summed E-state index contributed by atoms with van der Waals surface area (Å²) in [6, 6.07) is 14.6. The Morgan fingerprint density at radius 3 is 2.76 bits per heavy atom. The quantitative estimate of drug-likeness (QED) is 0.727. The Kier molecular flexibility index (Phi) is 4.95. The third kappa shape index (κ3) is 3.95. The van der Waals surface area contributed by atoms with Crippen LogP contribution in [0.25, 0.3) is 17.0 Å². The van der Waals surface area contributed by atoms with Crippen LogP contribution >= 0.6 is 0 Å². The molecule has 0 bridgehead atoms. The molecule has 2 aromatic carbocycles. The Labute approximate surface area is 144 Å². The van der Waals surface area contributed by atoms with E-state index in [9.17, 15) is 9.59 Å². The van der Waals surface area contributed by atoms with Crippen LogP contribution in [0.15, 0.2) is 70.1 Å². The molecule has 0 saturated carbocycles. The summed E-state index contributed by atoms with van der Waals surface area (Å²) in [6.45, 7) is 0.427. The monoisotopic (exact) mass is 335 g/mol. The lowest BCUT2D eigenvalue weighted by Gasteiger charge is -2.03. The van der Waals surface area contributed by atoms with Crippen molar-refractivity contribution in [3.63, 3.8) is 0 Å². The predicted octanol–water partition coefficient (Wildman–Crippen LogP) is 3.13. The summed E-state index contributed by atoms with van der Waals surface area (Å²) in [7, 11) is 1.55. The summed E-state index contributed by atoms with van der Waals surface area (Å²) in [5.41, 5.74) is 1.56. The molecule has 1 heterocycles. The summed E-state index contributed by atoms with van der Waals surface area (Å²) in [5.74, 6) is 0.331. The van der Waals surface area contributed by atoms with E-state index in [0.717, 1.165) is 5.56 Å². The molecule has 0 fully saturated rings. The van der Waals surface area contributed by atoms with E-state index in [1.165, 1.54) is 18.4 Å². The number of methoxy groups -OCH3 is 1. The standard InChI is InChI=1S/C20H17NO4/c1-24-16-8-9-17-18(11-16)25-13-15(20(17)23)7-10-19(22)21-12-14-5-3-2-4-6-14/h2-11,13H,12H2,1H3,(H,21,22)/b10-7+. The second-order valence-electron chi connectivity index (χ2n) is 5.42. The van der Waals surface area contributed by atoms with Gasteiger partial charge in [0.25, 0.3) is 0 Å². The van der Waals surface area contributed by atoms with Crippen molar-refractivity contribution in [3.05, 3.63) is 82.2 Å². The third-order valence-electron chi connectivity index (χ3n) is 3.73. The summed E-state index contributed by atoms with van der Waals surface area (Å²) >= 11 is 0. The Morgan fingerprint density at radius 2 is 2.00 bits per heavy atom. The van der Waals surface area contributed by atoms with Crippen molar-refractivity contribution in [1.29, 1.82) is 0 Å². The number of carbonyl (C=O) groups is 1. The third-order valence-corrected chi connectivity index (χ3v) is 3.73. The van der Waals surface area contributed by atoms with Crippen molar-refractivity contribution in [2.24, 2.45) is 0 Å². The molecule has 1 amide bonds. The van der Waals surface area contributed by atoms with E-state index in [-0.39, 0.29) is 11.3 Å². The van der Waals surface area contributed by atoms with Gasteiger partial charge in [-0.3, -0.25) is 9.59 Å². The zero-order chi connectivity index (χ0) is 17.6. The molecule has 1 aromatic heterocycles. The highest BCUT2D eigenvalue weighted by Crippen LogP contribution is 2.19. The fraction of sp³-hybridized carbons (Fsp3) is 0.100.